The number of hydrogen-bond donors (Lipinski definition) is 2. The zero-order chi connectivity index (χ0) is 14.1. The molecule has 106 valence electrons. The van der Waals surface area contributed by atoms with Gasteiger partial charge in [0, 0.05) is 17.2 Å². The molecule has 2 unspecified atom stereocenters. The molecule has 3 rings (SSSR count). The number of piperidine rings is 1. The van der Waals surface area contributed by atoms with E-state index < -0.39 is 6.23 Å². The Morgan fingerprint density at radius 3 is 3.15 bits per heavy atom. The molecule has 0 saturated carbocycles. The highest BCUT2D eigenvalue weighted by atomic mass is 32.1. The maximum atomic E-state index is 11.2. The molecule has 0 radical (unpaired) electrons. The monoisotopic (exact) mass is 294 g/mol. The second-order valence-corrected chi connectivity index (χ2v) is 5.30. The number of rotatable bonds is 3. The van der Waals surface area contributed by atoms with Gasteiger partial charge in [-0.25, -0.2) is 4.68 Å². The number of thiophene rings is 1. The summed E-state index contributed by atoms with van der Waals surface area (Å²) in [5, 5.41) is 24.4. The third kappa shape index (κ3) is 2.27. The van der Waals surface area contributed by atoms with Crippen LogP contribution < -0.4 is 10.1 Å². The molecule has 2 N–H and O–H groups in total. The second kappa shape index (κ2) is 5.22. The molecule has 1 amide bonds. The second-order valence-electron chi connectivity index (χ2n) is 4.56. The molecule has 2 aromatic heterocycles. The van der Waals surface area contributed by atoms with Crippen LogP contribution >= 0.6 is 11.3 Å². The van der Waals surface area contributed by atoms with Gasteiger partial charge in [0.2, 0.25) is 5.91 Å². The maximum Gasteiger partial charge on any atom is 0.222 e. The number of hydrogen-bond acceptors (Lipinski definition) is 6. The van der Waals surface area contributed by atoms with Crippen molar-refractivity contribution in [2.45, 2.75) is 25.1 Å². The standard InChI is InChI=1S/C12H14N4O3S/c1-19-10-6-20-5-7(10)8-4-16(15-14-8)9-2-3-11(17)13-12(9)18/h4-6,9,12,18H,2-3H2,1H3,(H,13,17). The minimum atomic E-state index is -0.935. The number of carbonyl (C=O) groups is 1. The normalized spacial score (nSPS) is 22.6. The van der Waals surface area contributed by atoms with E-state index in [0.717, 1.165) is 11.3 Å². The van der Waals surface area contributed by atoms with Crippen LogP contribution in [0.2, 0.25) is 0 Å². The van der Waals surface area contributed by atoms with E-state index in [1.54, 1.807) is 18.0 Å². The maximum absolute atomic E-state index is 11.2. The lowest BCUT2D eigenvalue weighted by Crippen LogP contribution is -2.45. The van der Waals surface area contributed by atoms with Gasteiger partial charge in [0.25, 0.3) is 0 Å². The number of amides is 1. The molecule has 0 bridgehead atoms. The predicted octanol–water partition coefficient (Wildman–Crippen LogP) is 0.785. The zero-order valence-corrected chi connectivity index (χ0v) is 11.6. The molecular formula is C12H14N4O3S. The first kappa shape index (κ1) is 13.1. The van der Waals surface area contributed by atoms with Crippen LogP contribution in [0.25, 0.3) is 11.3 Å². The predicted molar refractivity (Wildman–Crippen MR) is 72.3 cm³/mol. The van der Waals surface area contributed by atoms with Gasteiger partial charge in [-0.05, 0) is 6.42 Å². The van der Waals surface area contributed by atoms with E-state index in [1.807, 2.05) is 10.8 Å². The highest BCUT2D eigenvalue weighted by Gasteiger charge is 2.29. The van der Waals surface area contributed by atoms with Crippen LogP contribution in [0, 0.1) is 0 Å². The number of methoxy groups -OCH3 is 1. The lowest BCUT2D eigenvalue weighted by Gasteiger charge is -2.27. The molecule has 1 saturated heterocycles. The third-order valence-electron chi connectivity index (χ3n) is 3.31. The van der Waals surface area contributed by atoms with Gasteiger partial charge < -0.3 is 15.2 Å². The Morgan fingerprint density at radius 2 is 2.40 bits per heavy atom. The Labute approximate surface area is 119 Å². The SMILES string of the molecule is COc1cscc1-c1cn(C2CCC(=O)NC2O)nn1. The largest absolute Gasteiger partial charge is 0.495 e. The van der Waals surface area contributed by atoms with Crippen LogP contribution in [0.4, 0.5) is 0 Å². The number of aromatic nitrogens is 3. The van der Waals surface area contributed by atoms with E-state index in [-0.39, 0.29) is 11.9 Å². The quantitative estimate of drug-likeness (QED) is 0.873. The molecule has 20 heavy (non-hydrogen) atoms. The van der Waals surface area contributed by atoms with Crippen molar-refractivity contribution in [1.82, 2.24) is 20.3 Å². The average Bonchev–Trinajstić information content (AvgIpc) is 3.06. The Balaban J connectivity index is 1.85. The minimum Gasteiger partial charge on any atom is -0.495 e. The molecule has 3 heterocycles. The van der Waals surface area contributed by atoms with Crippen LogP contribution in [0.15, 0.2) is 17.0 Å². The van der Waals surface area contributed by atoms with Crippen molar-refractivity contribution in [1.29, 1.82) is 0 Å². The molecule has 1 aliphatic rings. The first-order valence-electron chi connectivity index (χ1n) is 6.19. The van der Waals surface area contributed by atoms with Crippen LogP contribution in [-0.2, 0) is 4.79 Å². The molecule has 1 aliphatic heterocycles. The molecule has 0 aliphatic carbocycles. The van der Waals surface area contributed by atoms with Crippen LogP contribution in [0.5, 0.6) is 5.75 Å². The van der Waals surface area contributed by atoms with Crippen molar-refractivity contribution < 1.29 is 14.6 Å². The first-order chi connectivity index (χ1) is 9.69. The van der Waals surface area contributed by atoms with E-state index in [9.17, 15) is 9.90 Å². The smallest absolute Gasteiger partial charge is 0.222 e. The third-order valence-corrected chi connectivity index (χ3v) is 4.03. The number of aliphatic hydroxyl groups excluding tert-OH is 1. The van der Waals surface area contributed by atoms with Gasteiger partial charge in [0.05, 0.1) is 24.9 Å². The Hall–Kier alpha value is -1.93. The fraction of sp³-hybridized carbons (Fsp3) is 0.417. The summed E-state index contributed by atoms with van der Waals surface area (Å²) in [6, 6.07) is -0.293. The van der Waals surface area contributed by atoms with E-state index in [1.165, 1.54) is 11.3 Å². The number of nitrogens with one attached hydrogen (secondary N) is 1. The van der Waals surface area contributed by atoms with Gasteiger partial charge in [-0.3, -0.25) is 4.79 Å². The summed E-state index contributed by atoms with van der Waals surface area (Å²) in [4.78, 5) is 11.2. The van der Waals surface area contributed by atoms with E-state index >= 15 is 0 Å². The summed E-state index contributed by atoms with van der Waals surface area (Å²) in [6.45, 7) is 0. The molecular weight excluding hydrogens is 280 g/mol. The van der Waals surface area contributed by atoms with Crippen molar-refractivity contribution in [2.75, 3.05) is 7.11 Å². The fourth-order valence-corrected chi connectivity index (χ4v) is 3.03. The number of aliphatic hydroxyl groups is 1. The summed E-state index contributed by atoms with van der Waals surface area (Å²) in [6.07, 6.45) is 1.74. The highest BCUT2D eigenvalue weighted by molar-refractivity contribution is 7.08. The molecule has 2 atom stereocenters. The Morgan fingerprint density at radius 1 is 1.55 bits per heavy atom. The molecule has 1 fully saturated rings. The summed E-state index contributed by atoms with van der Waals surface area (Å²) in [5.41, 5.74) is 1.56. The summed E-state index contributed by atoms with van der Waals surface area (Å²) >= 11 is 1.52. The molecule has 0 aromatic carbocycles. The van der Waals surface area contributed by atoms with Gasteiger partial charge in [-0.1, -0.05) is 5.21 Å². The van der Waals surface area contributed by atoms with Gasteiger partial charge in [-0.2, -0.15) is 0 Å². The lowest BCUT2D eigenvalue weighted by molar-refractivity contribution is -0.128. The average molecular weight is 294 g/mol. The topological polar surface area (TPSA) is 89.3 Å². The molecule has 7 nitrogen and oxygen atoms in total. The summed E-state index contributed by atoms with van der Waals surface area (Å²) in [7, 11) is 1.61. The Kier molecular flexibility index (Phi) is 3.41. The van der Waals surface area contributed by atoms with Crippen LogP contribution in [0.3, 0.4) is 0 Å². The number of nitrogens with zero attached hydrogens (tertiary/aromatic N) is 3. The first-order valence-corrected chi connectivity index (χ1v) is 7.13. The number of carbonyl (C=O) groups excluding carboxylic acids is 1. The zero-order valence-electron chi connectivity index (χ0n) is 10.8. The molecule has 0 spiro atoms. The molecule has 2 aromatic rings. The highest BCUT2D eigenvalue weighted by Crippen LogP contribution is 2.32. The lowest BCUT2D eigenvalue weighted by atomic mass is 10.1. The van der Waals surface area contributed by atoms with Crippen LogP contribution in [0.1, 0.15) is 18.9 Å². The molecule has 8 heteroatoms. The van der Waals surface area contributed by atoms with Gasteiger partial charge in [-0.15, -0.1) is 16.4 Å². The van der Waals surface area contributed by atoms with Crippen molar-refractivity contribution in [3.8, 4) is 17.0 Å². The van der Waals surface area contributed by atoms with E-state index in [4.69, 9.17) is 4.74 Å². The Bertz CT molecular complexity index is 624. The van der Waals surface area contributed by atoms with Crippen molar-refractivity contribution >= 4 is 17.2 Å². The van der Waals surface area contributed by atoms with Gasteiger partial charge >= 0.3 is 0 Å². The van der Waals surface area contributed by atoms with Crippen LogP contribution in [-0.4, -0.2) is 39.3 Å². The van der Waals surface area contributed by atoms with Crippen molar-refractivity contribution in [3.63, 3.8) is 0 Å². The van der Waals surface area contributed by atoms with Crippen molar-refractivity contribution in [3.05, 3.63) is 17.0 Å². The number of ether oxygens (including phenoxy) is 1. The van der Waals surface area contributed by atoms with Crippen molar-refractivity contribution in [2.24, 2.45) is 0 Å². The van der Waals surface area contributed by atoms with Gasteiger partial charge in [0.15, 0.2) is 0 Å². The minimum absolute atomic E-state index is 0.145. The summed E-state index contributed by atoms with van der Waals surface area (Å²) in [5.74, 6) is 0.605. The van der Waals surface area contributed by atoms with E-state index in [2.05, 4.69) is 15.6 Å². The summed E-state index contributed by atoms with van der Waals surface area (Å²) < 4.78 is 6.85. The fourth-order valence-electron chi connectivity index (χ4n) is 2.24. The van der Waals surface area contributed by atoms with Gasteiger partial charge in [0.1, 0.15) is 17.7 Å². The van der Waals surface area contributed by atoms with E-state index in [0.29, 0.717) is 18.5 Å².